The highest BCUT2D eigenvalue weighted by Crippen LogP contribution is 2.00. The quantitative estimate of drug-likeness (QED) is 0.341. The van der Waals surface area contributed by atoms with Crippen LogP contribution < -0.4 is 0 Å². The maximum Gasteiger partial charge on any atom is 0.208 e. The summed E-state index contributed by atoms with van der Waals surface area (Å²) < 4.78 is 10.9. The Kier molecular flexibility index (Phi) is 8.39. The Labute approximate surface area is 83.7 Å². The molecule has 0 heterocycles. The lowest BCUT2D eigenvalue weighted by molar-refractivity contribution is 0.156. The molecule has 77 valence electrons. The average molecular weight is 201 g/mol. The lowest BCUT2D eigenvalue weighted by Crippen LogP contribution is -2.13. The smallest absolute Gasteiger partial charge is 0.208 e. The van der Waals surface area contributed by atoms with Gasteiger partial charge >= 0.3 is 0 Å². The van der Waals surface area contributed by atoms with Crippen LogP contribution in [0.25, 0.3) is 0 Å². The molecule has 0 aliphatic carbocycles. The van der Waals surface area contributed by atoms with Crippen molar-refractivity contribution >= 4 is 9.04 Å². The van der Waals surface area contributed by atoms with E-state index in [0.717, 1.165) is 25.2 Å². The van der Waals surface area contributed by atoms with Gasteiger partial charge in [0.1, 0.15) is 0 Å². The van der Waals surface area contributed by atoms with E-state index in [4.69, 9.17) is 9.16 Å². The van der Waals surface area contributed by atoms with Gasteiger partial charge in [0, 0.05) is 13.2 Å². The molecular weight excluding hydrogens is 180 g/mol. The normalized spacial score (nSPS) is 10.8. The van der Waals surface area contributed by atoms with Crippen molar-refractivity contribution in [3.63, 3.8) is 0 Å². The van der Waals surface area contributed by atoms with Crippen LogP contribution in [-0.4, -0.2) is 28.9 Å². The van der Waals surface area contributed by atoms with Gasteiger partial charge < -0.3 is 9.16 Å². The third-order valence-electron chi connectivity index (χ3n) is 1.56. The van der Waals surface area contributed by atoms with Crippen LogP contribution in [0.1, 0.15) is 20.3 Å². The number of ether oxygens (including phenoxy) is 1. The second-order valence-electron chi connectivity index (χ2n) is 3.25. The summed E-state index contributed by atoms with van der Waals surface area (Å²) in [5.74, 6) is 0. The zero-order valence-corrected chi connectivity index (χ0v) is 10.1. The minimum Gasteiger partial charge on any atom is -0.417 e. The van der Waals surface area contributed by atoms with Crippen molar-refractivity contribution in [2.45, 2.75) is 32.9 Å². The van der Waals surface area contributed by atoms with E-state index < -0.39 is 9.04 Å². The summed E-state index contributed by atoms with van der Waals surface area (Å²) in [7, 11) is -0.543. The summed E-state index contributed by atoms with van der Waals surface area (Å²) in [6.07, 6.45) is 1.11. The van der Waals surface area contributed by atoms with Gasteiger partial charge in [0.15, 0.2) is 0 Å². The summed E-state index contributed by atoms with van der Waals surface area (Å²) in [6.45, 7) is 12.4. The minimum atomic E-state index is -0.543. The zero-order valence-electron chi connectivity index (χ0n) is 9.06. The molecule has 0 unspecified atom stereocenters. The second-order valence-corrected chi connectivity index (χ2v) is 5.44. The van der Waals surface area contributed by atoms with Crippen molar-refractivity contribution in [3.8, 4) is 0 Å². The molecule has 0 spiro atoms. The van der Waals surface area contributed by atoms with Crippen molar-refractivity contribution in [2.24, 2.45) is 0 Å². The maximum atomic E-state index is 5.50. The summed E-state index contributed by atoms with van der Waals surface area (Å²) in [5, 5.41) is 0. The van der Waals surface area contributed by atoms with Crippen molar-refractivity contribution in [1.82, 2.24) is 0 Å². The Morgan fingerprint density at radius 1 is 1.46 bits per heavy atom. The Hall–Kier alpha value is -0.123. The van der Waals surface area contributed by atoms with Crippen LogP contribution in [0.2, 0.25) is 12.6 Å². The highest BCUT2D eigenvalue weighted by molar-refractivity contribution is 6.50. The van der Waals surface area contributed by atoms with Gasteiger partial charge in [-0.2, -0.15) is 0 Å². The predicted molar refractivity (Wildman–Crippen MR) is 58.3 cm³/mol. The molecule has 0 fully saturated rings. The SMILES string of the molecule is C=C(C)COCCC[Si](C)OCC. The molecule has 0 aliphatic heterocycles. The van der Waals surface area contributed by atoms with E-state index in [9.17, 15) is 0 Å². The Balaban J connectivity index is 3.11. The zero-order chi connectivity index (χ0) is 10.1. The highest BCUT2D eigenvalue weighted by atomic mass is 28.3. The van der Waals surface area contributed by atoms with Gasteiger partial charge in [-0.3, -0.25) is 0 Å². The molecule has 0 amide bonds. The van der Waals surface area contributed by atoms with Crippen LogP contribution in [-0.2, 0) is 9.16 Å². The Bertz CT molecular complexity index is 137. The summed E-state index contributed by atoms with van der Waals surface area (Å²) >= 11 is 0. The van der Waals surface area contributed by atoms with Gasteiger partial charge in [0.25, 0.3) is 0 Å². The van der Waals surface area contributed by atoms with Gasteiger partial charge in [-0.1, -0.05) is 12.2 Å². The van der Waals surface area contributed by atoms with E-state index in [2.05, 4.69) is 13.1 Å². The van der Waals surface area contributed by atoms with Crippen LogP contribution in [0.4, 0.5) is 0 Å². The van der Waals surface area contributed by atoms with Crippen molar-refractivity contribution in [3.05, 3.63) is 12.2 Å². The average Bonchev–Trinajstić information content (AvgIpc) is 2.03. The van der Waals surface area contributed by atoms with E-state index in [0.29, 0.717) is 6.61 Å². The van der Waals surface area contributed by atoms with Gasteiger partial charge in [-0.25, -0.2) is 0 Å². The van der Waals surface area contributed by atoms with Gasteiger partial charge in [0.05, 0.1) is 6.61 Å². The Morgan fingerprint density at radius 3 is 2.69 bits per heavy atom. The number of hydrogen-bond donors (Lipinski definition) is 0. The molecule has 0 aromatic rings. The van der Waals surface area contributed by atoms with E-state index in [1.165, 1.54) is 6.04 Å². The first kappa shape index (κ1) is 12.9. The van der Waals surface area contributed by atoms with E-state index in [1.54, 1.807) is 0 Å². The third kappa shape index (κ3) is 9.79. The first-order valence-corrected chi connectivity index (χ1v) is 6.95. The third-order valence-corrected chi connectivity index (χ3v) is 3.40. The van der Waals surface area contributed by atoms with Gasteiger partial charge in [-0.05, 0) is 32.9 Å². The van der Waals surface area contributed by atoms with E-state index in [-0.39, 0.29) is 0 Å². The summed E-state index contributed by atoms with van der Waals surface area (Å²) in [4.78, 5) is 0. The molecular formula is C10H21O2Si. The fourth-order valence-electron chi connectivity index (χ4n) is 0.988. The van der Waals surface area contributed by atoms with Crippen molar-refractivity contribution in [1.29, 1.82) is 0 Å². The first-order chi connectivity index (χ1) is 6.16. The molecule has 2 nitrogen and oxygen atoms in total. The molecule has 0 saturated heterocycles. The molecule has 0 aromatic carbocycles. The second kappa shape index (κ2) is 8.47. The lowest BCUT2D eigenvalue weighted by Gasteiger charge is -2.08. The molecule has 0 saturated carbocycles. The van der Waals surface area contributed by atoms with Gasteiger partial charge in [-0.15, -0.1) is 0 Å². The molecule has 0 N–H and O–H groups in total. The van der Waals surface area contributed by atoms with Crippen molar-refractivity contribution in [2.75, 3.05) is 19.8 Å². The van der Waals surface area contributed by atoms with Gasteiger partial charge in [0.2, 0.25) is 9.04 Å². The first-order valence-electron chi connectivity index (χ1n) is 4.84. The fraction of sp³-hybridized carbons (Fsp3) is 0.800. The lowest BCUT2D eigenvalue weighted by atomic mass is 10.4. The minimum absolute atomic E-state index is 0.543. The number of rotatable bonds is 8. The predicted octanol–water partition coefficient (Wildman–Crippen LogP) is 2.63. The van der Waals surface area contributed by atoms with Crippen LogP contribution in [0, 0.1) is 0 Å². The molecule has 0 aliphatic rings. The van der Waals surface area contributed by atoms with Crippen LogP contribution in [0.3, 0.4) is 0 Å². The van der Waals surface area contributed by atoms with Crippen LogP contribution in [0.5, 0.6) is 0 Å². The molecule has 0 aromatic heterocycles. The van der Waals surface area contributed by atoms with Crippen molar-refractivity contribution < 1.29 is 9.16 Å². The standard InChI is InChI=1S/C10H21O2Si/c1-5-12-13(4)8-6-7-11-9-10(2)3/h2,5-9H2,1,3-4H3. The monoisotopic (exact) mass is 201 g/mol. The van der Waals surface area contributed by atoms with E-state index in [1.807, 2.05) is 13.8 Å². The molecule has 0 bridgehead atoms. The highest BCUT2D eigenvalue weighted by Gasteiger charge is 2.03. The van der Waals surface area contributed by atoms with Crippen LogP contribution in [0.15, 0.2) is 12.2 Å². The maximum absolute atomic E-state index is 5.50. The fourth-order valence-corrected chi connectivity index (χ4v) is 2.27. The molecule has 3 heteroatoms. The topological polar surface area (TPSA) is 18.5 Å². The molecule has 1 radical (unpaired) electrons. The summed E-state index contributed by atoms with van der Waals surface area (Å²) in [5.41, 5.74) is 1.09. The molecule has 0 rings (SSSR count). The summed E-state index contributed by atoms with van der Waals surface area (Å²) in [6, 6.07) is 1.18. The van der Waals surface area contributed by atoms with E-state index >= 15 is 0 Å². The Morgan fingerprint density at radius 2 is 2.15 bits per heavy atom. The molecule has 0 atom stereocenters. The molecule has 13 heavy (non-hydrogen) atoms. The number of hydrogen-bond acceptors (Lipinski definition) is 2. The van der Waals surface area contributed by atoms with Crippen LogP contribution >= 0.6 is 0 Å². The largest absolute Gasteiger partial charge is 0.417 e.